The molecule has 0 saturated carbocycles. The van der Waals surface area contributed by atoms with Crippen molar-refractivity contribution in [3.63, 3.8) is 0 Å². The van der Waals surface area contributed by atoms with Crippen LogP contribution < -0.4 is 0 Å². The zero-order chi connectivity index (χ0) is 21.4. The number of fused-ring (bicyclic) bond motifs is 2. The summed E-state index contributed by atoms with van der Waals surface area (Å²) in [5.74, 6) is -0.212. The van der Waals surface area contributed by atoms with E-state index in [1.165, 1.54) is 0 Å². The summed E-state index contributed by atoms with van der Waals surface area (Å²) in [6.45, 7) is 1.84. The van der Waals surface area contributed by atoms with Gasteiger partial charge in [0.2, 0.25) is 0 Å². The van der Waals surface area contributed by atoms with Crippen LogP contribution in [0.4, 0.5) is 0 Å². The molecule has 0 fully saturated rings. The molecule has 1 N–H and O–H groups in total. The highest BCUT2D eigenvalue weighted by Crippen LogP contribution is 2.22. The van der Waals surface area contributed by atoms with Crippen LogP contribution in [0.5, 0.6) is 0 Å². The second-order valence-corrected chi connectivity index (χ2v) is 7.71. The molecule has 1 aliphatic heterocycles. The molecule has 2 amide bonds. The van der Waals surface area contributed by atoms with E-state index in [2.05, 4.69) is 15.1 Å². The lowest BCUT2D eigenvalue weighted by Gasteiger charge is -2.28. The number of H-pyrrole nitrogens is 1. The maximum atomic E-state index is 13.1. The van der Waals surface area contributed by atoms with Crippen molar-refractivity contribution in [3.05, 3.63) is 83.6 Å². The summed E-state index contributed by atoms with van der Waals surface area (Å²) in [6, 6.07) is 15.3. The van der Waals surface area contributed by atoms with E-state index in [0.717, 1.165) is 22.3 Å². The van der Waals surface area contributed by atoms with Crippen LogP contribution in [0.15, 0.2) is 60.9 Å². The summed E-state index contributed by atoms with van der Waals surface area (Å²) < 4.78 is 1.82. The number of pyridine rings is 1. The molecule has 0 unspecified atom stereocenters. The van der Waals surface area contributed by atoms with Crippen LogP contribution in [-0.2, 0) is 19.6 Å². The molecule has 1 aromatic carbocycles. The van der Waals surface area contributed by atoms with Gasteiger partial charge in [0.15, 0.2) is 0 Å². The van der Waals surface area contributed by atoms with Gasteiger partial charge in [-0.25, -0.2) is 0 Å². The number of benzene rings is 1. The zero-order valence-electron chi connectivity index (χ0n) is 17.2. The number of aromatic amines is 1. The Bertz CT molecular complexity index is 1230. The van der Waals surface area contributed by atoms with Crippen LogP contribution in [0.3, 0.4) is 0 Å². The highest BCUT2D eigenvalue weighted by atomic mass is 16.2. The lowest BCUT2D eigenvalue weighted by atomic mass is 10.1. The summed E-state index contributed by atoms with van der Waals surface area (Å²) >= 11 is 0. The van der Waals surface area contributed by atoms with E-state index in [4.69, 9.17) is 0 Å². The zero-order valence-corrected chi connectivity index (χ0v) is 17.2. The fourth-order valence-corrected chi connectivity index (χ4v) is 3.97. The van der Waals surface area contributed by atoms with E-state index in [0.29, 0.717) is 37.4 Å². The minimum absolute atomic E-state index is 0.0797. The molecule has 31 heavy (non-hydrogen) atoms. The Morgan fingerprint density at radius 2 is 1.97 bits per heavy atom. The number of carbonyl (C=O) groups excluding carboxylic acids is 2. The summed E-state index contributed by atoms with van der Waals surface area (Å²) in [6.07, 6.45) is 3.31. The standard InChI is InChI=1S/C23H22N6O2/c1-27(14-17-7-4-5-9-24-17)22(30)18-13-25-29-11-10-28(15-21(18)29)23(31)20-12-16-6-2-3-8-19(16)26-20/h2-9,12-13,26H,10-11,14-15H2,1H3. The van der Waals surface area contributed by atoms with Gasteiger partial charge in [-0.2, -0.15) is 5.10 Å². The van der Waals surface area contributed by atoms with E-state index in [1.54, 1.807) is 29.2 Å². The molecule has 8 heteroatoms. The molecule has 8 nitrogen and oxygen atoms in total. The number of rotatable bonds is 4. The average Bonchev–Trinajstić information content (AvgIpc) is 3.42. The van der Waals surface area contributed by atoms with E-state index in [9.17, 15) is 9.59 Å². The van der Waals surface area contributed by atoms with E-state index in [1.807, 2.05) is 53.2 Å². The first-order valence-corrected chi connectivity index (χ1v) is 10.2. The number of carbonyl (C=O) groups is 2. The van der Waals surface area contributed by atoms with Crippen LogP contribution >= 0.6 is 0 Å². The molecule has 0 radical (unpaired) electrons. The first-order chi connectivity index (χ1) is 15.1. The van der Waals surface area contributed by atoms with E-state index < -0.39 is 0 Å². The maximum Gasteiger partial charge on any atom is 0.270 e. The van der Waals surface area contributed by atoms with E-state index in [-0.39, 0.29) is 11.8 Å². The van der Waals surface area contributed by atoms with Gasteiger partial charge in [0, 0.05) is 30.7 Å². The van der Waals surface area contributed by atoms with Crippen molar-refractivity contribution in [2.45, 2.75) is 19.6 Å². The monoisotopic (exact) mass is 414 g/mol. The third kappa shape index (κ3) is 3.56. The van der Waals surface area contributed by atoms with Crippen molar-refractivity contribution >= 4 is 22.7 Å². The predicted octanol–water partition coefficient (Wildman–Crippen LogP) is 2.69. The van der Waals surface area contributed by atoms with Gasteiger partial charge in [0.25, 0.3) is 11.8 Å². The number of hydrogen-bond acceptors (Lipinski definition) is 4. The number of para-hydroxylation sites is 1. The molecule has 5 rings (SSSR count). The second-order valence-electron chi connectivity index (χ2n) is 7.71. The number of nitrogens with one attached hydrogen (secondary N) is 1. The van der Waals surface area contributed by atoms with Crippen LogP contribution in [-0.4, -0.2) is 55.0 Å². The molecule has 0 atom stereocenters. The molecular formula is C23H22N6O2. The fourth-order valence-electron chi connectivity index (χ4n) is 3.97. The molecule has 1 aliphatic rings. The topological polar surface area (TPSA) is 87.1 Å². The minimum Gasteiger partial charge on any atom is -0.351 e. The van der Waals surface area contributed by atoms with Gasteiger partial charge < -0.3 is 14.8 Å². The highest BCUT2D eigenvalue weighted by Gasteiger charge is 2.28. The number of hydrogen-bond donors (Lipinski definition) is 1. The van der Waals surface area contributed by atoms with Crippen molar-refractivity contribution in [3.8, 4) is 0 Å². The first kappa shape index (κ1) is 19.0. The summed E-state index contributed by atoms with van der Waals surface area (Å²) in [5, 5.41) is 5.38. The molecular weight excluding hydrogens is 392 g/mol. The Kier molecular flexibility index (Phi) is 4.74. The van der Waals surface area contributed by atoms with Crippen LogP contribution in [0.2, 0.25) is 0 Å². The predicted molar refractivity (Wildman–Crippen MR) is 115 cm³/mol. The Labute approximate surface area is 179 Å². The molecule has 0 aliphatic carbocycles. The second kappa shape index (κ2) is 7.71. The number of amides is 2. The van der Waals surface area contributed by atoms with Gasteiger partial charge in [-0.05, 0) is 24.3 Å². The number of aromatic nitrogens is 4. The van der Waals surface area contributed by atoms with E-state index >= 15 is 0 Å². The summed E-state index contributed by atoms with van der Waals surface area (Å²) in [7, 11) is 1.75. The highest BCUT2D eigenvalue weighted by molar-refractivity contribution is 5.98. The third-order valence-electron chi connectivity index (χ3n) is 5.62. The molecule has 0 bridgehead atoms. The lowest BCUT2D eigenvalue weighted by Crippen LogP contribution is -2.39. The minimum atomic E-state index is -0.133. The third-order valence-corrected chi connectivity index (χ3v) is 5.62. The normalized spacial score (nSPS) is 13.3. The van der Waals surface area contributed by atoms with Crippen molar-refractivity contribution in [2.24, 2.45) is 0 Å². The molecule has 0 spiro atoms. The quantitative estimate of drug-likeness (QED) is 0.556. The van der Waals surface area contributed by atoms with Gasteiger partial charge in [-0.15, -0.1) is 0 Å². The smallest absolute Gasteiger partial charge is 0.270 e. The first-order valence-electron chi connectivity index (χ1n) is 10.2. The maximum absolute atomic E-state index is 13.1. The van der Waals surface area contributed by atoms with Crippen molar-refractivity contribution in [1.82, 2.24) is 29.5 Å². The van der Waals surface area contributed by atoms with Crippen molar-refractivity contribution < 1.29 is 9.59 Å². The fraction of sp³-hybridized carbons (Fsp3) is 0.217. The van der Waals surface area contributed by atoms with Crippen molar-refractivity contribution in [1.29, 1.82) is 0 Å². The lowest BCUT2D eigenvalue weighted by molar-refractivity contribution is 0.0690. The molecule has 156 valence electrons. The molecule has 0 saturated heterocycles. The Balaban J connectivity index is 1.35. The van der Waals surface area contributed by atoms with Gasteiger partial charge in [-0.3, -0.25) is 19.3 Å². The van der Waals surface area contributed by atoms with Gasteiger partial charge >= 0.3 is 0 Å². The van der Waals surface area contributed by atoms with Gasteiger partial charge in [-0.1, -0.05) is 24.3 Å². The van der Waals surface area contributed by atoms with Gasteiger partial charge in [0.1, 0.15) is 5.69 Å². The van der Waals surface area contributed by atoms with Gasteiger partial charge in [0.05, 0.1) is 42.8 Å². The summed E-state index contributed by atoms with van der Waals surface area (Å²) in [5.41, 5.74) is 3.57. The largest absolute Gasteiger partial charge is 0.351 e. The SMILES string of the molecule is CN(Cc1ccccn1)C(=O)c1cnn2c1CN(C(=O)c1cc3ccccc3[nH]1)CC2. The summed E-state index contributed by atoms with van der Waals surface area (Å²) in [4.78, 5) is 37.1. The average molecular weight is 414 g/mol. The Hall–Kier alpha value is -3.94. The molecule has 3 aromatic heterocycles. The van der Waals surface area contributed by atoms with Crippen molar-refractivity contribution in [2.75, 3.05) is 13.6 Å². The van der Waals surface area contributed by atoms with Crippen LogP contribution in [0.1, 0.15) is 32.2 Å². The Morgan fingerprint density at radius 1 is 1.13 bits per heavy atom. The van der Waals surface area contributed by atoms with Crippen LogP contribution in [0, 0.1) is 0 Å². The number of nitrogens with zero attached hydrogens (tertiary/aromatic N) is 5. The Morgan fingerprint density at radius 3 is 2.77 bits per heavy atom. The van der Waals surface area contributed by atoms with Crippen LogP contribution in [0.25, 0.3) is 10.9 Å². The molecule has 4 aromatic rings. The molecule has 4 heterocycles.